The smallest absolute Gasteiger partial charge is 0.293 e. The van der Waals surface area contributed by atoms with E-state index in [4.69, 9.17) is 4.74 Å². The van der Waals surface area contributed by atoms with Gasteiger partial charge in [-0.1, -0.05) is 6.92 Å². The van der Waals surface area contributed by atoms with Crippen molar-refractivity contribution in [2.24, 2.45) is 0 Å². The van der Waals surface area contributed by atoms with Crippen LogP contribution in [0.2, 0.25) is 0 Å². The SMILES string of the molecule is CCCc1nc(C(=O)N2CCCC(OC)C2)n[nH]1. The zero-order valence-corrected chi connectivity index (χ0v) is 11.0. The fraction of sp³-hybridized carbons (Fsp3) is 0.750. The van der Waals surface area contributed by atoms with Gasteiger partial charge in [-0.25, -0.2) is 4.98 Å². The number of amides is 1. The van der Waals surface area contributed by atoms with Crippen molar-refractivity contribution in [2.45, 2.75) is 38.7 Å². The van der Waals surface area contributed by atoms with Gasteiger partial charge in [0.25, 0.3) is 5.91 Å². The molecule has 0 spiro atoms. The van der Waals surface area contributed by atoms with E-state index in [1.54, 1.807) is 12.0 Å². The third-order valence-electron chi connectivity index (χ3n) is 3.21. The first-order valence-corrected chi connectivity index (χ1v) is 6.48. The molecule has 1 unspecified atom stereocenters. The lowest BCUT2D eigenvalue weighted by Gasteiger charge is -2.31. The molecular formula is C12H20N4O2. The number of H-pyrrole nitrogens is 1. The van der Waals surface area contributed by atoms with Gasteiger partial charge >= 0.3 is 0 Å². The van der Waals surface area contributed by atoms with Gasteiger partial charge in [0.05, 0.1) is 6.10 Å². The molecule has 1 aromatic rings. The van der Waals surface area contributed by atoms with E-state index in [0.29, 0.717) is 6.54 Å². The summed E-state index contributed by atoms with van der Waals surface area (Å²) >= 11 is 0. The Morgan fingerprint density at radius 1 is 1.61 bits per heavy atom. The number of methoxy groups -OCH3 is 1. The molecule has 6 nitrogen and oxygen atoms in total. The predicted molar refractivity (Wildman–Crippen MR) is 66.3 cm³/mol. The molecule has 1 aromatic heterocycles. The first kappa shape index (κ1) is 13.0. The summed E-state index contributed by atoms with van der Waals surface area (Å²) in [6.07, 6.45) is 3.92. The molecular weight excluding hydrogens is 232 g/mol. The zero-order chi connectivity index (χ0) is 13.0. The molecule has 1 amide bonds. The number of ether oxygens (including phenoxy) is 1. The number of aromatic amines is 1. The lowest BCUT2D eigenvalue weighted by atomic mass is 10.1. The molecule has 100 valence electrons. The number of rotatable bonds is 4. The van der Waals surface area contributed by atoms with Crippen LogP contribution in [0, 0.1) is 0 Å². The van der Waals surface area contributed by atoms with Gasteiger partial charge in [-0.05, 0) is 19.3 Å². The highest BCUT2D eigenvalue weighted by molar-refractivity contribution is 5.90. The van der Waals surface area contributed by atoms with Crippen molar-refractivity contribution in [1.29, 1.82) is 0 Å². The number of nitrogens with one attached hydrogen (secondary N) is 1. The highest BCUT2D eigenvalue weighted by atomic mass is 16.5. The Morgan fingerprint density at radius 2 is 2.44 bits per heavy atom. The van der Waals surface area contributed by atoms with Crippen molar-refractivity contribution >= 4 is 5.91 Å². The minimum absolute atomic E-state index is 0.102. The molecule has 6 heteroatoms. The van der Waals surface area contributed by atoms with Crippen molar-refractivity contribution in [3.63, 3.8) is 0 Å². The van der Waals surface area contributed by atoms with E-state index in [1.165, 1.54) is 0 Å². The second-order valence-corrected chi connectivity index (χ2v) is 4.61. The summed E-state index contributed by atoms with van der Waals surface area (Å²) in [7, 11) is 1.69. The minimum Gasteiger partial charge on any atom is -0.380 e. The van der Waals surface area contributed by atoms with E-state index < -0.39 is 0 Å². The number of hydrogen-bond acceptors (Lipinski definition) is 4. The van der Waals surface area contributed by atoms with Crippen molar-refractivity contribution in [1.82, 2.24) is 20.1 Å². The van der Waals surface area contributed by atoms with Crippen molar-refractivity contribution in [2.75, 3.05) is 20.2 Å². The van der Waals surface area contributed by atoms with Gasteiger partial charge in [0.15, 0.2) is 0 Å². The second kappa shape index (κ2) is 5.95. The highest BCUT2D eigenvalue weighted by Gasteiger charge is 2.26. The van der Waals surface area contributed by atoms with Crippen LogP contribution in [0.4, 0.5) is 0 Å². The molecule has 1 fully saturated rings. The van der Waals surface area contributed by atoms with Gasteiger partial charge in [0, 0.05) is 26.6 Å². The largest absolute Gasteiger partial charge is 0.380 e. The molecule has 1 N–H and O–H groups in total. The maximum atomic E-state index is 12.2. The van der Waals surface area contributed by atoms with E-state index in [1.807, 2.05) is 0 Å². The Bertz CT molecular complexity index is 405. The van der Waals surface area contributed by atoms with Gasteiger partial charge in [0.1, 0.15) is 5.82 Å². The Kier molecular flexibility index (Phi) is 4.30. The summed E-state index contributed by atoms with van der Waals surface area (Å²) in [4.78, 5) is 18.2. The molecule has 1 aliphatic heterocycles. The standard InChI is InChI=1S/C12H20N4O2/c1-3-5-10-13-11(15-14-10)12(17)16-7-4-6-9(8-16)18-2/h9H,3-8H2,1-2H3,(H,13,14,15). The molecule has 0 aliphatic carbocycles. The number of carbonyl (C=O) groups is 1. The van der Waals surface area contributed by atoms with Crippen LogP contribution in [-0.4, -0.2) is 52.3 Å². The molecule has 0 saturated carbocycles. The van der Waals surface area contributed by atoms with Crippen molar-refractivity contribution < 1.29 is 9.53 Å². The van der Waals surface area contributed by atoms with Crippen LogP contribution in [0.15, 0.2) is 0 Å². The van der Waals surface area contributed by atoms with Gasteiger partial charge in [-0.2, -0.15) is 0 Å². The summed E-state index contributed by atoms with van der Waals surface area (Å²) < 4.78 is 5.31. The number of aromatic nitrogens is 3. The summed E-state index contributed by atoms with van der Waals surface area (Å²) in [5, 5.41) is 6.80. The molecule has 2 heterocycles. The Labute approximate surface area is 107 Å². The lowest BCUT2D eigenvalue weighted by molar-refractivity contribution is 0.0262. The van der Waals surface area contributed by atoms with E-state index in [9.17, 15) is 4.79 Å². The molecule has 1 aliphatic rings. The van der Waals surface area contributed by atoms with Gasteiger partial charge in [0.2, 0.25) is 5.82 Å². The number of aryl methyl sites for hydroxylation is 1. The molecule has 18 heavy (non-hydrogen) atoms. The Balaban J connectivity index is 2.00. The summed E-state index contributed by atoms with van der Waals surface area (Å²) in [5.74, 6) is 0.951. The second-order valence-electron chi connectivity index (χ2n) is 4.61. The third kappa shape index (κ3) is 2.87. The molecule has 1 atom stereocenters. The van der Waals surface area contributed by atoms with E-state index in [2.05, 4.69) is 22.1 Å². The quantitative estimate of drug-likeness (QED) is 0.868. The summed E-state index contributed by atoms with van der Waals surface area (Å²) in [5.41, 5.74) is 0. The number of hydrogen-bond donors (Lipinski definition) is 1. The fourth-order valence-electron chi connectivity index (χ4n) is 2.20. The summed E-state index contributed by atoms with van der Waals surface area (Å²) in [6.45, 7) is 3.46. The first-order chi connectivity index (χ1) is 8.74. The van der Waals surface area contributed by atoms with E-state index in [-0.39, 0.29) is 17.8 Å². The number of likely N-dealkylation sites (tertiary alicyclic amines) is 1. The maximum Gasteiger partial charge on any atom is 0.293 e. The summed E-state index contributed by atoms with van der Waals surface area (Å²) in [6, 6.07) is 0. The fourth-order valence-corrected chi connectivity index (χ4v) is 2.20. The predicted octanol–water partition coefficient (Wildman–Crippen LogP) is 1.01. The van der Waals surface area contributed by atoms with Gasteiger partial charge < -0.3 is 9.64 Å². The topological polar surface area (TPSA) is 71.1 Å². The molecule has 2 rings (SSSR count). The first-order valence-electron chi connectivity index (χ1n) is 6.48. The van der Waals surface area contributed by atoms with E-state index >= 15 is 0 Å². The number of carbonyl (C=O) groups excluding carboxylic acids is 1. The molecule has 0 aromatic carbocycles. The monoisotopic (exact) mass is 252 g/mol. The average Bonchev–Trinajstić information content (AvgIpc) is 2.87. The molecule has 0 radical (unpaired) electrons. The third-order valence-corrected chi connectivity index (χ3v) is 3.21. The van der Waals surface area contributed by atoms with Crippen molar-refractivity contribution in [3.8, 4) is 0 Å². The molecule has 0 bridgehead atoms. The lowest BCUT2D eigenvalue weighted by Crippen LogP contribution is -2.43. The minimum atomic E-state index is -0.102. The van der Waals surface area contributed by atoms with Crippen LogP contribution >= 0.6 is 0 Å². The average molecular weight is 252 g/mol. The van der Waals surface area contributed by atoms with E-state index in [0.717, 1.165) is 38.1 Å². The zero-order valence-electron chi connectivity index (χ0n) is 11.0. The molecule has 1 saturated heterocycles. The normalized spacial score (nSPS) is 20.1. The van der Waals surface area contributed by atoms with Gasteiger partial charge in [-0.3, -0.25) is 9.89 Å². The van der Waals surface area contributed by atoms with Crippen LogP contribution in [0.1, 0.15) is 42.6 Å². The van der Waals surface area contributed by atoms with Crippen molar-refractivity contribution in [3.05, 3.63) is 11.6 Å². The van der Waals surface area contributed by atoms with Crippen LogP contribution < -0.4 is 0 Å². The van der Waals surface area contributed by atoms with Gasteiger partial charge in [-0.15, -0.1) is 5.10 Å². The maximum absolute atomic E-state index is 12.2. The highest BCUT2D eigenvalue weighted by Crippen LogP contribution is 2.14. The Hall–Kier alpha value is -1.43. The van der Waals surface area contributed by atoms with Crippen LogP contribution in [0.3, 0.4) is 0 Å². The van der Waals surface area contributed by atoms with Crippen LogP contribution in [0.5, 0.6) is 0 Å². The van der Waals surface area contributed by atoms with Crippen LogP contribution in [-0.2, 0) is 11.2 Å². The number of piperidine rings is 1. The Morgan fingerprint density at radius 3 is 3.17 bits per heavy atom. The number of nitrogens with zero attached hydrogens (tertiary/aromatic N) is 3. The van der Waals surface area contributed by atoms with Crippen LogP contribution in [0.25, 0.3) is 0 Å².